The molecule has 1 heterocycles. The smallest absolute Gasteiger partial charge is 0.335 e. The van der Waals surface area contributed by atoms with E-state index in [2.05, 4.69) is 46.6 Å². The Bertz CT molecular complexity index is 478. The van der Waals surface area contributed by atoms with E-state index < -0.39 is 0 Å². The maximum atomic E-state index is 5.48. The normalized spacial score (nSPS) is 10.6. The quantitative estimate of drug-likeness (QED) is 0.839. The summed E-state index contributed by atoms with van der Waals surface area (Å²) in [7, 11) is 1.81. The Morgan fingerprint density at radius 2 is 1.94 bits per heavy atom. The molecule has 0 fully saturated rings. The molecule has 5 heteroatoms. The van der Waals surface area contributed by atoms with Gasteiger partial charge in [0.15, 0.2) is 0 Å². The molecule has 0 bridgehead atoms. The molecule has 2 aromatic rings. The first kappa shape index (κ1) is 12.6. The van der Waals surface area contributed by atoms with Gasteiger partial charge in [-0.3, -0.25) is 4.68 Å². The first-order chi connectivity index (χ1) is 8.78. The third-order valence-electron chi connectivity index (χ3n) is 2.55. The largest absolute Gasteiger partial charge is 0.458 e. The van der Waals surface area contributed by atoms with Gasteiger partial charge >= 0.3 is 6.01 Å². The van der Waals surface area contributed by atoms with E-state index in [0.29, 0.717) is 12.6 Å². The van der Waals surface area contributed by atoms with Crippen LogP contribution in [-0.4, -0.2) is 21.3 Å². The molecule has 0 radical (unpaired) electrons. The van der Waals surface area contributed by atoms with Crippen LogP contribution in [0.5, 0.6) is 6.01 Å². The molecule has 0 spiro atoms. The molecule has 96 valence electrons. The van der Waals surface area contributed by atoms with Crippen LogP contribution in [0.25, 0.3) is 0 Å². The van der Waals surface area contributed by atoms with E-state index >= 15 is 0 Å². The van der Waals surface area contributed by atoms with Gasteiger partial charge in [-0.15, -0.1) is 5.10 Å². The highest BCUT2D eigenvalue weighted by atomic mass is 16.5. The molecule has 18 heavy (non-hydrogen) atoms. The Morgan fingerprint density at radius 1 is 1.22 bits per heavy atom. The van der Waals surface area contributed by atoms with Crippen molar-refractivity contribution in [2.24, 2.45) is 7.05 Å². The summed E-state index contributed by atoms with van der Waals surface area (Å²) >= 11 is 0. The molecule has 0 atom stereocenters. The van der Waals surface area contributed by atoms with Gasteiger partial charge in [-0.1, -0.05) is 31.2 Å². The van der Waals surface area contributed by atoms with Crippen molar-refractivity contribution in [3.8, 4) is 6.01 Å². The third kappa shape index (κ3) is 3.56. The lowest BCUT2D eigenvalue weighted by Gasteiger charge is -2.05. The molecule has 0 aliphatic heterocycles. The van der Waals surface area contributed by atoms with Gasteiger partial charge in [-0.05, 0) is 17.7 Å². The molecule has 2 rings (SSSR count). The Kier molecular flexibility index (Phi) is 4.30. The van der Waals surface area contributed by atoms with Gasteiger partial charge in [-0.2, -0.15) is 4.98 Å². The highest BCUT2D eigenvalue weighted by Gasteiger charge is 2.00. The highest BCUT2D eigenvalue weighted by Crippen LogP contribution is 2.07. The second kappa shape index (κ2) is 6.16. The van der Waals surface area contributed by atoms with Crippen molar-refractivity contribution < 1.29 is 4.74 Å². The predicted molar refractivity (Wildman–Crippen MR) is 69.2 cm³/mol. The van der Waals surface area contributed by atoms with Crippen molar-refractivity contribution in [3.05, 3.63) is 41.7 Å². The summed E-state index contributed by atoms with van der Waals surface area (Å²) in [6.45, 7) is 4.48. The van der Waals surface area contributed by atoms with Crippen LogP contribution in [0, 0.1) is 0 Å². The van der Waals surface area contributed by atoms with E-state index in [1.54, 1.807) is 11.0 Å². The number of rotatable bonds is 6. The van der Waals surface area contributed by atoms with Gasteiger partial charge in [0.05, 0.1) is 0 Å². The van der Waals surface area contributed by atoms with Gasteiger partial charge < -0.3 is 10.1 Å². The summed E-state index contributed by atoms with van der Waals surface area (Å²) < 4.78 is 7.10. The van der Waals surface area contributed by atoms with Crippen molar-refractivity contribution in [2.45, 2.75) is 20.1 Å². The molecule has 0 saturated heterocycles. The fourth-order valence-electron chi connectivity index (χ4n) is 1.56. The van der Waals surface area contributed by atoms with Crippen LogP contribution in [0.3, 0.4) is 0 Å². The first-order valence-corrected chi connectivity index (χ1v) is 6.05. The van der Waals surface area contributed by atoms with Crippen molar-refractivity contribution in [1.29, 1.82) is 0 Å². The number of nitrogens with one attached hydrogen (secondary N) is 1. The zero-order valence-corrected chi connectivity index (χ0v) is 10.8. The van der Waals surface area contributed by atoms with Crippen LogP contribution in [0.1, 0.15) is 18.1 Å². The predicted octanol–water partition coefficient (Wildman–Crippen LogP) is 1.50. The van der Waals surface area contributed by atoms with Crippen LogP contribution < -0.4 is 10.1 Å². The third-order valence-corrected chi connectivity index (χ3v) is 2.55. The monoisotopic (exact) mass is 246 g/mol. The van der Waals surface area contributed by atoms with Gasteiger partial charge in [0, 0.05) is 13.6 Å². The van der Waals surface area contributed by atoms with Gasteiger partial charge in [0.25, 0.3) is 0 Å². The summed E-state index contributed by atoms with van der Waals surface area (Å²) in [6.07, 6.45) is 1.62. The summed E-state index contributed by atoms with van der Waals surface area (Å²) in [5, 5.41) is 7.35. The van der Waals surface area contributed by atoms with Crippen molar-refractivity contribution >= 4 is 0 Å². The Balaban J connectivity index is 1.86. The van der Waals surface area contributed by atoms with Crippen LogP contribution in [0.15, 0.2) is 30.6 Å². The highest BCUT2D eigenvalue weighted by molar-refractivity contribution is 5.22. The molecule has 0 saturated carbocycles. The number of nitrogens with zero attached hydrogens (tertiary/aromatic N) is 3. The fourth-order valence-corrected chi connectivity index (χ4v) is 1.56. The van der Waals surface area contributed by atoms with E-state index in [-0.39, 0.29) is 0 Å². The summed E-state index contributed by atoms with van der Waals surface area (Å²) in [4.78, 5) is 4.01. The second-order valence-corrected chi connectivity index (χ2v) is 4.09. The van der Waals surface area contributed by atoms with Gasteiger partial charge in [0.2, 0.25) is 0 Å². The fraction of sp³-hybridized carbons (Fsp3) is 0.385. The van der Waals surface area contributed by atoms with E-state index in [1.807, 2.05) is 7.05 Å². The van der Waals surface area contributed by atoms with Crippen molar-refractivity contribution in [2.75, 3.05) is 6.54 Å². The summed E-state index contributed by atoms with van der Waals surface area (Å²) in [5.41, 5.74) is 2.39. The average Bonchev–Trinajstić information content (AvgIpc) is 2.81. The Labute approximate surface area is 107 Å². The molecule has 1 N–H and O–H groups in total. The lowest BCUT2D eigenvalue weighted by Crippen LogP contribution is -2.11. The number of benzene rings is 1. The lowest BCUT2D eigenvalue weighted by atomic mass is 10.1. The molecular formula is C13H18N4O. The molecule has 5 nitrogen and oxygen atoms in total. The Hall–Kier alpha value is -1.88. The minimum atomic E-state index is 0.411. The Morgan fingerprint density at radius 3 is 2.56 bits per heavy atom. The number of hydrogen-bond donors (Lipinski definition) is 1. The minimum Gasteiger partial charge on any atom is -0.458 e. The summed E-state index contributed by atoms with van der Waals surface area (Å²) in [6, 6.07) is 8.75. The molecule has 0 unspecified atom stereocenters. The summed E-state index contributed by atoms with van der Waals surface area (Å²) in [5.74, 6) is 0. The zero-order chi connectivity index (χ0) is 12.8. The van der Waals surface area contributed by atoms with Crippen molar-refractivity contribution in [3.63, 3.8) is 0 Å². The van der Waals surface area contributed by atoms with Gasteiger partial charge in [-0.25, -0.2) is 0 Å². The van der Waals surface area contributed by atoms with E-state index in [4.69, 9.17) is 4.74 Å². The van der Waals surface area contributed by atoms with Crippen LogP contribution in [0.4, 0.5) is 0 Å². The number of hydrogen-bond acceptors (Lipinski definition) is 4. The molecule has 0 aliphatic rings. The van der Waals surface area contributed by atoms with E-state index in [0.717, 1.165) is 18.7 Å². The van der Waals surface area contributed by atoms with Crippen LogP contribution in [-0.2, 0) is 20.2 Å². The van der Waals surface area contributed by atoms with E-state index in [1.165, 1.54) is 5.56 Å². The maximum absolute atomic E-state index is 5.48. The molecule has 1 aromatic carbocycles. The topological polar surface area (TPSA) is 52.0 Å². The maximum Gasteiger partial charge on any atom is 0.335 e. The SMILES string of the molecule is CCNCc1ccc(COc2ncn(C)n2)cc1. The first-order valence-electron chi connectivity index (χ1n) is 6.05. The van der Waals surface area contributed by atoms with Crippen molar-refractivity contribution in [1.82, 2.24) is 20.1 Å². The standard InChI is InChI=1S/C13H18N4O/c1-3-14-8-11-4-6-12(7-5-11)9-18-13-15-10-17(2)16-13/h4-7,10,14H,3,8-9H2,1-2H3. The molecule has 0 amide bonds. The van der Waals surface area contributed by atoms with Crippen LogP contribution in [0.2, 0.25) is 0 Å². The minimum absolute atomic E-state index is 0.411. The van der Waals surface area contributed by atoms with Crippen LogP contribution >= 0.6 is 0 Å². The number of aryl methyl sites for hydroxylation is 1. The van der Waals surface area contributed by atoms with E-state index in [9.17, 15) is 0 Å². The number of ether oxygens (including phenoxy) is 1. The lowest BCUT2D eigenvalue weighted by molar-refractivity contribution is 0.280. The zero-order valence-electron chi connectivity index (χ0n) is 10.8. The second-order valence-electron chi connectivity index (χ2n) is 4.09. The molecule has 0 aliphatic carbocycles. The van der Waals surface area contributed by atoms with Gasteiger partial charge in [0.1, 0.15) is 12.9 Å². The average molecular weight is 246 g/mol. The number of aromatic nitrogens is 3. The molecular weight excluding hydrogens is 228 g/mol. The molecule has 1 aromatic heterocycles.